The molecule has 346 valence electrons. The van der Waals surface area contributed by atoms with Gasteiger partial charge in [0.25, 0.3) is 23.1 Å². The zero-order valence-electron chi connectivity index (χ0n) is 37.0. The van der Waals surface area contributed by atoms with Crippen LogP contribution in [0.5, 0.6) is 23.3 Å². The Hall–Kier alpha value is -8.58. The normalized spacial score (nSPS) is 10.6. The molecule has 0 amide bonds. The van der Waals surface area contributed by atoms with Crippen LogP contribution in [0.15, 0.2) is 115 Å². The fourth-order valence-corrected chi connectivity index (χ4v) is 6.30. The molecule has 68 heavy (non-hydrogen) atoms. The zero-order chi connectivity index (χ0) is 49.4. The summed E-state index contributed by atoms with van der Waals surface area (Å²) in [5.74, 6) is -1.90. The second-order valence-electron chi connectivity index (χ2n) is 15.1. The molecule has 0 spiro atoms. The van der Waals surface area contributed by atoms with Gasteiger partial charge in [0, 0.05) is 52.4 Å². The minimum Gasteiger partial charge on any atom is -0.436 e. The van der Waals surface area contributed by atoms with Crippen molar-refractivity contribution in [2.24, 2.45) is 0 Å². The van der Waals surface area contributed by atoms with E-state index in [4.69, 9.17) is 26.8 Å². The van der Waals surface area contributed by atoms with Crippen LogP contribution in [0.2, 0.25) is 5.15 Å². The van der Waals surface area contributed by atoms with Crippen molar-refractivity contribution in [1.29, 1.82) is 0 Å². The first-order valence-electron chi connectivity index (χ1n) is 20.1. The van der Waals surface area contributed by atoms with Gasteiger partial charge in [-0.3, -0.25) is 35.0 Å². The number of nitro groups is 2. The highest BCUT2D eigenvalue weighted by molar-refractivity contribution is 6.29. The number of hydrogen-bond acceptors (Lipinski definition) is 13. The Kier molecular flexibility index (Phi) is 15.2. The lowest BCUT2D eigenvalue weighted by Gasteiger charge is -2.10. The van der Waals surface area contributed by atoms with Gasteiger partial charge in [-0.15, -0.1) is 0 Å². The van der Waals surface area contributed by atoms with Crippen LogP contribution in [-0.4, -0.2) is 39.8 Å². The molecule has 20 heteroatoms. The van der Waals surface area contributed by atoms with Crippen molar-refractivity contribution in [3.63, 3.8) is 0 Å². The van der Waals surface area contributed by atoms with Crippen LogP contribution < -0.4 is 20.6 Å². The van der Waals surface area contributed by atoms with Gasteiger partial charge < -0.3 is 20.2 Å². The van der Waals surface area contributed by atoms with Crippen molar-refractivity contribution in [1.82, 2.24) is 29.9 Å². The van der Waals surface area contributed by atoms with Gasteiger partial charge in [-0.1, -0.05) is 11.6 Å². The number of fused-ring (bicyclic) bond motifs is 3. The molecular weight excluding hydrogens is 907 g/mol. The van der Waals surface area contributed by atoms with Crippen LogP contribution >= 0.6 is 11.6 Å². The fraction of sp³-hybridized carbons (Fsp3) is 0.125. The highest BCUT2D eigenvalue weighted by Crippen LogP contribution is 2.33. The second-order valence-corrected chi connectivity index (χ2v) is 15.4. The maximum atomic E-state index is 13.9. The Balaban J connectivity index is 0.000000156. The second kappa shape index (κ2) is 21.2. The van der Waals surface area contributed by atoms with Crippen molar-refractivity contribution < 1.29 is 32.5 Å². The Bertz CT molecular complexity index is 3450. The van der Waals surface area contributed by atoms with Gasteiger partial charge >= 0.3 is 0 Å². The fourth-order valence-electron chi connectivity index (χ4n) is 6.20. The van der Waals surface area contributed by atoms with Crippen LogP contribution in [0.25, 0.3) is 32.7 Å². The molecule has 0 aliphatic heterocycles. The molecule has 0 atom stereocenters. The van der Waals surface area contributed by atoms with Gasteiger partial charge in [-0.05, 0) is 123 Å². The number of nitrogen functional groups attached to an aromatic ring is 1. The average molecular weight is 946 g/mol. The monoisotopic (exact) mass is 945 g/mol. The van der Waals surface area contributed by atoms with E-state index in [1.807, 2.05) is 77.9 Å². The summed E-state index contributed by atoms with van der Waals surface area (Å²) in [6.45, 7) is 12.0. The molecule has 0 radical (unpaired) electrons. The SMILES string of the molecule is Cc1cc2[nH]ccc(=O)c2cc1C.Cc1cc2nccc(Oc3ncc(N)cc3F)c2cc1C.Cc1cc2nccc(Oc3ncc([N+](=O)[O-])cc3F)c2cc1C.O=[N+]([O-])c1cnc(Cl)c(F)c1. The predicted octanol–water partition coefficient (Wildman–Crippen LogP) is 11.8. The number of anilines is 1. The molecule has 0 aliphatic rings. The van der Waals surface area contributed by atoms with Gasteiger partial charge in [-0.2, -0.15) is 0 Å². The molecule has 6 aromatic heterocycles. The van der Waals surface area contributed by atoms with E-state index in [1.54, 1.807) is 36.8 Å². The smallest absolute Gasteiger partial charge is 0.290 e. The number of H-pyrrole nitrogens is 1. The Morgan fingerprint density at radius 3 is 1.50 bits per heavy atom. The predicted molar refractivity (Wildman–Crippen MR) is 252 cm³/mol. The maximum absolute atomic E-state index is 13.9. The minimum atomic E-state index is -0.895. The van der Waals surface area contributed by atoms with E-state index in [-0.39, 0.29) is 28.0 Å². The van der Waals surface area contributed by atoms with Gasteiger partial charge in [0.15, 0.2) is 28.0 Å². The third-order valence-corrected chi connectivity index (χ3v) is 10.5. The lowest BCUT2D eigenvalue weighted by molar-refractivity contribution is -0.385. The first-order chi connectivity index (χ1) is 32.3. The lowest BCUT2D eigenvalue weighted by atomic mass is 10.1. The summed E-state index contributed by atoms with van der Waals surface area (Å²) >= 11 is 5.18. The van der Waals surface area contributed by atoms with E-state index in [2.05, 4.69) is 29.9 Å². The van der Waals surface area contributed by atoms with E-state index in [9.17, 15) is 38.2 Å². The number of rotatable bonds is 6. The van der Waals surface area contributed by atoms with Crippen LogP contribution in [-0.2, 0) is 0 Å². The molecule has 0 unspecified atom stereocenters. The Labute approximate surface area is 389 Å². The maximum Gasteiger partial charge on any atom is 0.290 e. The van der Waals surface area contributed by atoms with Gasteiger partial charge in [0.2, 0.25) is 0 Å². The quantitative estimate of drug-likeness (QED) is 0.0899. The number of nitrogens with two attached hydrogens (primary N) is 1. The average Bonchev–Trinajstić information content (AvgIpc) is 3.29. The standard InChI is InChI=1S/C16H12FN3O3.C16H14FN3O.C11H11NO.C5H2ClFN2O2/c1-9-5-12-14(6-10(9)2)18-4-3-15(12)23-16-13(17)7-11(8-19-16)20(21)22;1-9-5-12-14(6-10(9)2)19-4-3-15(12)21-16-13(17)7-11(18)8-20-16;1-7-5-9-10(6-8(7)2)12-4-3-11(9)13;6-5-4(7)1-3(2-8-5)9(10)11/h3-8H,1-2H3;3-8H,18H2,1-2H3;3-6H,1-2H3,(H,12,13);1-2H. The molecule has 0 saturated heterocycles. The third-order valence-electron chi connectivity index (χ3n) is 10.2. The van der Waals surface area contributed by atoms with Gasteiger partial charge in [-0.25, -0.2) is 28.1 Å². The van der Waals surface area contributed by atoms with Crippen LogP contribution in [0.3, 0.4) is 0 Å². The first kappa shape index (κ1) is 48.9. The third kappa shape index (κ3) is 11.8. The minimum absolute atomic E-state index is 0.0804. The van der Waals surface area contributed by atoms with Crippen LogP contribution in [0.4, 0.5) is 30.2 Å². The number of aromatic nitrogens is 6. The summed E-state index contributed by atoms with van der Waals surface area (Å²) in [4.78, 5) is 53.0. The number of halogens is 4. The lowest BCUT2D eigenvalue weighted by Crippen LogP contribution is -2.00. The summed E-state index contributed by atoms with van der Waals surface area (Å²) in [5.41, 5.74) is 14.2. The molecule has 0 saturated carbocycles. The van der Waals surface area contributed by atoms with Crippen molar-refractivity contribution in [2.45, 2.75) is 41.5 Å². The summed E-state index contributed by atoms with van der Waals surface area (Å²) in [6, 6.07) is 19.2. The highest BCUT2D eigenvalue weighted by atomic mass is 35.5. The van der Waals surface area contributed by atoms with Gasteiger partial charge in [0.1, 0.15) is 23.9 Å². The Morgan fingerprint density at radius 2 is 1.01 bits per heavy atom. The van der Waals surface area contributed by atoms with E-state index in [1.165, 1.54) is 17.8 Å². The highest BCUT2D eigenvalue weighted by Gasteiger charge is 2.16. The Morgan fingerprint density at radius 1 is 0.574 bits per heavy atom. The summed E-state index contributed by atoms with van der Waals surface area (Å²) in [6.07, 6.45) is 8.07. The first-order valence-corrected chi connectivity index (χ1v) is 20.5. The van der Waals surface area contributed by atoms with Crippen molar-refractivity contribution in [3.8, 4) is 23.3 Å². The molecule has 9 aromatic rings. The molecule has 9 rings (SSSR count). The number of nitrogens with zero attached hydrogens (tertiary/aromatic N) is 7. The number of aromatic amines is 1. The molecule has 3 N–H and O–H groups in total. The number of aryl methyl sites for hydroxylation is 6. The molecule has 3 aromatic carbocycles. The number of pyridine rings is 6. The zero-order valence-corrected chi connectivity index (χ0v) is 37.7. The summed E-state index contributed by atoms with van der Waals surface area (Å²) < 4.78 is 51.3. The number of hydrogen-bond donors (Lipinski definition) is 2. The molecule has 6 heterocycles. The summed E-state index contributed by atoms with van der Waals surface area (Å²) in [5, 5.41) is 22.6. The molecule has 16 nitrogen and oxygen atoms in total. The van der Waals surface area contributed by atoms with Crippen molar-refractivity contribution >= 4 is 61.4 Å². The van der Waals surface area contributed by atoms with E-state index < -0.39 is 38.7 Å². The van der Waals surface area contributed by atoms with E-state index in [0.29, 0.717) is 17.0 Å². The topological polar surface area (TPSA) is 228 Å². The number of benzene rings is 3. The molecular formula is C48H39ClF3N9O7. The molecule has 0 fully saturated rings. The largest absolute Gasteiger partial charge is 0.436 e. The number of ether oxygens (including phenoxy) is 2. The van der Waals surface area contributed by atoms with E-state index in [0.717, 1.165) is 79.5 Å². The van der Waals surface area contributed by atoms with Crippen LogP contribution in [0.1, 0.15) is 33.4 Å². The number of nitrogens with one attached hydrogen (secondary N) is 1. The van der Waals surface area contributed by atoms with E-state index >= 15 is 0 Å². The molecule has 0 bridgehead atoms. The van der Waals surface area contributed by atoms with Crippen molar-refractivity contribution in [2.75, 3.05) is 5.73 Å². The van der Waals surface area contributed by atoms with Gasteiger partial charge in [0.05, 0.1) is 44.9 Å². The van der Waals surface area contributed by atoms with Crippen LogP contribution in [0, 0.1) is 79.2 Å². The van der Waals surface area contributed by atoms with Crippen molar-refractivity contribution in [3.05, 3.63) is 196 Å². The summed E-state index contributed by atoms with van der Waals surface area (Å²) in [7, 11) is 0. The molecule has 0 aliphatic carbocycles.